The number of hydrogen-bond acceptors (Lipinski definition) is 1. The largest absolute Gasteiger partial charge is 0.351 e. The first-order valence-corrected chi connectivity index (χ1v) is 6.27. The average Bonchev–Trinajstić information content (AvgIpc) is 2.77. The molecule has 2 heteroatoms. The van der Waals surface area contributed by atoms with Gasteiger partial charge in [-0.2, -0.15) is 0 Å². The monoisotopic (exact) mass is 245 g/mol. The van der Waals surface area contributed by atoms with Gasteiger partial charge in [-0.1, -0.05) is 54.6 Å². The molecule has 0 saturated heterocycles. The molecule has 0 amide bonds. The Morgan fingerprint density at radius 1 is 0.684 bits per heavy atom. The molecular weight excluding hydrogens is 234 g/mol. The molecule has 1 N–H and O–H groups in total. The Bertz CT molecular complexity index is 982. The van der Waals surface area contributed by atoms with E-state index < -0.39 is 0 Å². The zero-order valence-corrected chi connectivity index (χ0v) is 10.2. The highest BCUT2D eigenvalue weighted by atomic mass is 16.1. The smallest absolute Gasteiger partial charge is 0.210 e. The third-order valence-electron chi connectivity index (χ3n) is 3.61. The summed E-state index contributed by atoms with van der Waals surface area (Å²) < 4.78 is 0. The minimum absolute atomic E-state index is 0.0619. The van der Waals surface area contributed by atoms with E-state index >= 15 is 0 Å². The summed E-state index contributed by atoms with van der Waals surface area (Å²) in [5.74, 6) is 0. The van der Waals surface area contributed by atoms with Gasteiger partial charge in [-0.15, -0.1) is 0 Å². The quantitative estimate of drug-likeness (QED) is 0.501. The molecule has 0 aliphatic heterocycles. The second-order valence-corrected chi connectivity index (χ2v) is 4.71. The Balaban J connectivity index is 2.37. The van der Waals surface area contributed by atoms with E-state index in [4.69, 9.17) is 0 Å². The van der Waals surface area contributed by atoms with Crippen LogP contribution in [0.25, 0.3) is 32.6 Å². The van der Waals surface area contributed by atoms with Crippen molar-refractivity contribution in [2.45, 2.75) is 0 Å². The molecule has 1 aromatic heterocycles. The minimum Gasteiger partial charge on any atom is -0.351 e. The highest BCUT2D eigenvalue weighted by molar-refractivity contribution is 6.08. The topological polar surface area (TPSA) is 32.9 Å². The predicted molar refractivity (Wildman–Crippen MR) is 79.6 cm³/mol. The summed E-state index contributed by atoms with van der Waals surface area (Å²) in [6.07, 6.45) is 0. The van der Waals surface area contributed by atoms with Gasteiger partial charge in [0.1, 0.15) is 0 Å². The van der Waals surface area contributed by atoms with E-state index in [1.54, 1.807) is 0 Å². The first kappa shape index (κ1) is 10.3. The standard InChI is InChI=1S/C17H11NO/c19-17-12-6-2-1-5-11(12)9-10-14-13-7-3-4-8-15(13)18-16(14)17/h1-10,18H. The molecule has 0 aliphatic carbocycles. The predicted octanol–water partition coefficient (Wildman–Crippen LogP) is 3.83. The first-order valence-electron chi connectivity index (χ1n) is 6.27. The van der Waals surface area contributed by atoms with Gasteiger partial charge in [-0.25, -0.2) is 0 Å². The maximum atomic E-state index is 12.6. The molecule has 90 valence electrons. The van der Waals surface area contributed by atoms with Gasteiger partial charge in [0.25, 0.3) is 0 Å². The van der Waals surface area contributed by atoms with Crippen LogP contribution in [0.3, 0.4) is 0 Å². The van der Waals surface area contributed by atoms with E-state index in [0.717, 1.165) is 27.1 Å². The van der Waals surface area contributed by atoms with Gasteiger partial charge < -0.3 is 4.98 Å². The van der Waals surface area contributed by atoms with Gasteiger partial charge in [-0.05, 0) is 11.5 Å². The lowest BCUT2D eigenvalue weighted by Gasteiger charge is -1.89. The molecule has 4 aromatic rings. The molecular formula is C17H11NO. The number of nitrogens with one attached hydrogen (secondary N) is 1. The highest BCUT2D eigenvalue weighted by Gasteiger charge is 2.07. The minimum atomic E-state index is 0.0619. The van der Waals surface area contributed by atoms with Crippen molar-refractivity contribution in [2.75, 3.05) is 0 Å². The molecule has 19 heavy (non-hydrogen) atoms. The third-order valence-corrected chi connectivity index (χ3v) is 3.61. The summed E-state index contributed by atoms with van der Waals surface area (Å²) in [4.78, 5) is 15.9. The zero-order chi connectivity index (χ0) is 12.8. The van der Waals surface area contributed by atoms with Gasteiger partial charge in [0.2, 0.25) is 5.43 Å². The lowest BCUT2D eigenvalue weighted by molar-refractivity contribution is 1.53. The van der Waals surface area contributed by atoms with Crippen molar-refractivity contribution in [2.24, 2.45) is 0 Å². The molecule has 0 spiro atoms. The molecule has 2 nitrogen and oxygen atoms in total. The van der Waals surface area contributed by atoms with Gasteiger partial charge in [0, 0.05) is 21.7 Å². The molecule has 1 heterocycles. The van der Waals surface area contributed by atoms with Crippen molar-refractivity contribution in [3.05, 3.63) is 70.9 Å². The number of rotatable bonds is 0. The fourth-order valence-electron chi connectivity index (χ4n) is 2.67. The van der Waals surface area contributed by atoms with E-state index in [1.165, 1.54) is 0 Å². The molecule has 0 atom stereocenters. The van der Waals surface area contributed by atoms with Crippen molar-refractivity contribution < 1.29 is 0 Å². The molecule has 0 aliphatic rings. The summed E-state index contributed by atoms with van der Waals surface area (Å²) in [7, 11) is 0. The van der Waals surface area contributed by atoms with E-state index in [9.17, 15) is 4.79 Å². The van der Waals surface area contributed by atoms with Crippen LogP contribution in [0.5, 0.6) is 0 Å². The normalized spacial score (nSPS) is 11.4. The maximum absolute atomic E-state index is 12.6. The van der Waals surface area contributed by atoms with Crippen molar-refractivity contribution in [1.29, 1.82) is 0 Å². The zero-order valence-electron chi connectivity index (χ0n) is 10.2. The van der Waals surface area contributed by atoms with E-state index in [-0.39, 0.29) is 5.43 Å². The van der Waals surface area contributed by atoms with Gasteiger partial charge in [0.05, 0.1) is 5.52 Å². The highest BCUT2D eigenvalue weighted by Crippen LogP contribution is 2.23. The Kier molecular flexibility index (Phi) is 2.00. The van der Waals surface area contributed by atoms with Crippen molar-refractivity contribution in [3.8, 4) is 0 Å². The maximum Gasteiger partial charge on any atom is 0.210 e. The van der Waals surface area contributed by atoms with Gasteiger partial charge in [-0.3, -0.25) is 4.79 Å². The first-order chi connectivity index (χ1) is 9.34. The van der Waals surface area contributed by atoms with E-state index in [2.05, 4.69) is 4.98 Å². The van der Waals surface area contributed by atoms with Crippen LogP contribution >= 0.6 is 0 Å². The molecule has 0 bridgehead atoms. The number of hydrogen-bond donors (Lipinski definition) is 1. The molecule has 3 aromatic carbocycles. The molecule has 0 fully saturated rings. The van der Waals surface area contributed by atoms with Crippen LogP contribution in [0.4, 0.5) is 0 Å². The Morgan fingerprint density at radius 2 is 1.42 bits per heavy atom. The van der Waals surface area contributed by atoms with E-state index in [1.807, 2.05) is 60.7 Å². The van der Waals surface area contributed by atoms with E-state index in [0.29, 0.717) is 5.52 Å². The fraction of sp³-hybridized carbons (Fsp3) is 0. The lowest BCUT2D eigenvalue weighted by Crippen LogP contribution is -1.97. The number of fused-ring (bicyclic) bond motifs is 4. The van der Waals surface area contributed by atoms with Crippen LogP contribution in [0, 0.1) is 0 Å². The Morgan fingerprint density at radius 3 is 2.32 bits per heavy atom. The fourth-order valence-corrected chi connectivity index (χ4v) is 2.67. The third kappa shape index (κ3) is 1.40. The molecule has 0 radical (unpaired) electrons. The van der Waals surface area contributed by atoms with Crippen molar-refractivity contribution in [3.63, 3.8) is 0 Å². The van der Waals surface area contributed by atoms with Crippen LogP contribution in [0.15, 0.2) is 65.5 Å². The van der Waals surface area contributed by atoms with Crippen LogP contribution in [0.2, 0.25) is 0 Å². The second kappa shape index (κ2) is 3.69. The number of benzene rings is 2. The Labute approximate surface area is 109 Å². The number of H-pyrrole nitrogens is 1. The van der Waals surface area contributed by atoms with Crippen LogP contribution in [-0.4, -0.2) is 4.98 Å². The summed E-state index contributed by atoms with van der Waals surface area (Å²) in [5.41, 5.74) is 1.75. The van der Waals surface area contributed by atoms with Crippen LogP contribution < -0.4 is 5.43 Å². The van der Waals surface area contributed by atoms with Crippen molar-refractivity contribution in [1.82, 2.24) is 4.98 Å². The number of aromatic nitrogens is 1. The Hall–Kier alpha value is -2.61. The van der Waals surface area contributed by atoms with Crippen LogP contribution in [0.1, 0.15) is 0 Å². The van der Waals surface area contributed by atoms with Gasteiger partial charge in [0.15, 0.2) is 0 Å². The molecule has 0 saturated carbocycles. The number of para-hydroxylation sites is 1. The summed E-state index contributed by atoms with van der Waals surface area (Å²) >= 11 is 0. The van der Waals surface area contributed by atoms with Gasteiger partial charge >= 0.3 is 0 Å². The SMILES string of the molecule is O=c1c2ccccc2ccc2c1[nH]c1ccccc12. The molecule has 0 unspecified atom stereocenters. The van der Waals surface area contributed by atoms with Crippen molar-refractivity contribution >= 4 is 32.6 Å². The summed E-state index contributed by atoms with van der Waals surface area (Å²) in [5, 5.41) is 3.80. The summed E-state index contributed by atoms with van der Waals surface area (Å²) in [6, 6.07) is 19.7. The second-order valence-electron chi connectivity index (χ2n) is 4.71. The average molecular weight is 245 g/mol. The summed E-state index contributed by atoms with van der Waals surface area (Å²) in [6.45, 7) is 0. The number of aromatic amines is 1. The lowest BCUT2D eigenvalue weighted by atomic mass is 10.2. The molecule has 4 rings (SSSR count). The van der Waals surface area contributed by atoms with Crippen LogP contribution in [-0.2, 0) is 0 Å².